The number of aliphatic hydroxyl groups excluding tert-OH is 1. The standard InChI is InChI=1S/C18H21N3O2/c1-2-15(12-7-9-19-10-8-12)20-18(23)21-17-14-6-4-3-5-13(14)11-16(17)22/h3-10,15-17,22H,2,11H2,1H3,(H2,20,21,23). The maximum atomic E-state index is 12.3. The van der Waals surface area contributed by atoms with Crippen LogP contribution in [0.25, 0.3) is 0 Å². The number of carbonyl (C=O) groups is 1. The Morgan fingerprint density at radius 1 is 1.30 bits per heavy atom. The van der Waals surface area contributed by atoms with Gasteiger partial charge in [0.05, 0.1) is 18.2 Å². The number of urea groups is 1. The molecule has 1 aliphatic carbocycles. The highest BCUT2D eigenvalue weighted by atomic mass is 16.3. The summed E-state index contributed by atoms with van der Waals surface area (Å²) in [5.41, 5.74) is 3.10. The van der Waals surface area contributed by atoms with Crippen molar-refractivity contribution in [3.05, 3.63) is 65.5 Å². The van der Waals surface area contributed by atoms with Crippen LogP contribution in [0.2, 0.25) is 0 Å². The van der Waals surface area contributed by atoms with Crippen molar-refractivity contribution in [1.82, 2.24) is 15.6 Å². The second kappa shape index (κ2) is 6.79. The topological polar surface area (TPSA) is 74.2 Å². The van der Waals surface area contributed by atoms with Gasteiger partial charge in [0.2, 0.25) is 0 Å². The van der Waals surface area contributed by atoms with Crippen LogP contribution in [0.4, 0.5) is 4.79 Å². The van der Waals surface area contributed by atoms with E-state index in [4.69, 9.17) is 0 Å². The second-order valence-electron chi connectivity index (χ2n) is 5.81. The number of nitrogens with zero attached hydrogens (tertiary/aromatic N) is 1. The number of carbonyl (C=O) groups excluding carboxylic acids is 1. The number of aliphatic hydroxyl groups is 1. The van der Waals surface area contributed by atoms with Gasteiger partial charge in [0.1, 0.15) is 0 Å². The molecule has 0 fully saturated rings. The third kappa shape index (κ3) is 3.35. The quantitative estimate of drug-likeness (QED) is 0.812. The highest BCUT2D eigenvalue weighted by Crippen LogP contribution is 2.31. The lowest BCUT2D eigenvalue weighted by Gasteiger charge is -2.22. The van der Waals surface area contributed by atoms with E-state index in [2.05, 4.69) is 15.6 Å². The molecule has 0 saturated heterocycles. The zero-order chi connectivity index (χ0) is 16.2. The lowest BCUT2D eigenvalue weighted by molar-refractivity contribution is 0.141. The average Bonchev–Trinajstić information content (AvgIpc) is 2.89. The van der Waals surface area contributed by atoms with E-state index in [0.29, 0.717) is 6.42 Å². The number of hydrogen-bond acceptors (Lipinski definition) is 3. The molecule has 3 unspecified atom stereocenters. The van der Waals surface area contributed by atoms with Crippen molar-refractivity contribution in [1.29, 1.82) is 0 Å². The minimum absolute atomic E-state index is 0.0770. The van der Waals surface area contributed by atoms with Crippen molar-refractivity contribution in [3.63, 3.8) is 0 Å². The summed E-state index contributed by atoms with van der Waals surface area (Å²) in [5.74, 6) is 0. The summed E-state index contributed by atoms with van der Waals surface area (Å²) in [7, 11) is 0. The maximum Gasteiger partial charge on any atom is 0.315 e. The number of aromatic nitrogens is 1. The molecule has 2 aromatic rings. The normalized spacial score (nSPS) is 20.6. The number of amides is 2. The summed E-state index contributed by atoms with van der Waals surface area (Å²) in [6.07, 6.45) is 4.20. The van der Waals surface area contributed by atoms with Crippen LogP contribution in [-0.2, 0) is 6.42 Å². The molecule has 0 saturated carbocycles. The molecule has 0 bridgehead atoms. The van der Waals surface area contributed by atoms with Crippen molar-refractivity contribution in [3.8, 4) is 0 Å². The van der Waals surface area contributed by atoms with Gasteiger partial charge in [0.25, 0.3) is 0 Å². The first kappa shape index (κ1) is 15.5. The van der Waals surface area contributed by atoms with E-state index in [0.717, 1.165) is 23.1 Å². The molecule has 0 aliphatic heterocycles. The largest absolute Gasteiger partial charge is 0.390 e. The van der Waals surface area contributed by atoms with E-state index in [1.54, 1.807) is 12.4 Å². The third-order valence-corrected chi connectivity index (χ3v) is 4.31. The van der Waals surface area contributed by atoms with Crippen molar-refractivity contribution < 1.29 is 9.90 Å². The third-order valence-electron chi connectivity index (χ3n) is 4.31. The number of benzene rings is 1. The predicted octanol–water partition coefficient (Wildman–Crippen LogP) is 2.49. The molecule has 0 spiro atoms. The average molecular weight is 311 g/mol. The van der Waals surface area contributed by atoms with E-state index in [1.165, 1.54) is 0 Å². The molecule has 5 nitrogen and oxygen atoms in total. The summed E-state index contributed by atoms with van der Waals surface area (Å²) in [5, 5.41) is 16.1. The molecule has 120 valence electrons. The van der Waals surface area contributed by atoms with Gasteiger partial charge in [-0.1, -0.05) is 31.2 Å². The molecule has 1 aliphatic rings. The van der Waals surface area contributed by atoms with Gasteiger partial charge in [-0.05, 0) is 35.2 Å². The lowest BCUT2D eigenvalue weighted by atomic mass is 10.1. The number of rotatable bonds is 4. The van der Waals surface area contributed by atoms with Crippen LogP contribution < -0.4 is 10.6 Å². The molecule has 1 heterocycles. The van der Waals surface area contributed by atoms with Crippen LogP contribution in [0.15, 0.2) is 48.8 Å². The summed E-state index contributed by atoms with van der Waals surface area (Å²) in [4.78, 5) is 16.3. The van der Waals surface area contributed by atoms with Gasteiger partial charge in [-0.15, -0.1) is 0 Å². The minimum Gasteiger partial charge on any atom is -0.390 e. The molecule has 5 heteroatoms. The first-order chi connectivity index (χ1) is 11.2. The Morgan fingerprint density at radius 3 is 2.78 bits per heavy atom. The molecular weight excluding hydrogens is 290 g/mol. The van der Waals surface area contributed by atoms with E-state index < -0.39 is 6.10 Å². The Bertz CT molecular complexity index is 675. The van der Waals surface area contributed by atoms with Crippen LogP contribution in [0.1, 0.15) is 42.1 Å². The maximum absolute atomic E-state index is 12.3. The summed E-state index contributed by atoms with van der Waals surface area (Å²) in [6.45, 7) is 2.02. The first-order valence-corrected chi connectivity index (χ1v) is 7.92. The number of nitrogens with one attached hydrogen (secondary N) is 2. The summed E-state index contributed by atoms with van der Waals surface area (Å²) in [6, 6.07) is 10.9. The Hall–Kier alpha value is -2.40. The predicted molar refractivity (Wildman–Crippen MR) is 87.8 cm³/mol. The molecular formula is C18H21N3O2. The van der Waals surface area contributed by atoms with Gasteiger partial charge in [-0.2, -0.15) is 0 Å². The molecule has 3 N–H and O–H groups in total. The fourth-order valence-corrected chi connectivity index (χ4v) is 3.11. The number of hydrogen-bond donors (Lipinski definition) is 3. The Kier molecular flexibility index (Phi) is 4.57. The Balaban J connectivity index is 1.68. The highest BCUT2D eigenvalue weighted by Gasteiger charge is 2.32. The minimum atomic E-state index is -0.584. The van der Waals surface area contributed by atoms with Gasteiger partial charge in [0.15, 0.2) is 0 Å². The van der Waals surface area contributed by atoms with Gasteiger partial charge in [-0.25, -0.2) is 4.79 Å². The van der Waals surface area contributed by atoms with Crippen molar-refractivity contribution in [2.45, 2.75) is 38.0 Å². The second-order valence-corrected chi connectivity index (χ2v) is 5.81. The van der Waals surface area contributed by atoms with Gasteiger partial charge < -0.3 is 15.7 Å². The molecule has 1 aromatic heterocycles. The SMILES string of the molecule is CCC(NC(=O)NC1c2ccccc2CC1O)c1ccncc1. The zero-order valence-corrected chi connectivity index (χ0v) is 13.1. The molecule has 3 rings (SSSR count). The van der Waals surface area contributed by atoms with Crippen LogP contribution in [0, 0.1) is 0 Å². The van der Waals surface area contributed by atoms with E-state index >= 15 is 0 Å². The molecule has 23 heavy (non-hydrogen) atoms. The van der Waals surface area contributed by atoms with Gasteiger partial charge >= 0.3 is 6.03 Å². The van der Waals surface area contributed by atoms with Crippen molar-refractivity contribution in [2.75, 3.05) is 0 Å². The van der Waals surface area contributed by atoms with Crippen LogP contribution in [0.5, 0.6) is 0 Å². The van der Waals surface area contributed by atoms with Gasteiger partial charge in [0, 0.05) is 18.8 Å². The fraction of sp³-hybridized carbons (Fsp3) is 0.333. The molecule has 1 aromatic carbocycles. The summed E-state index contributed by atoms with van der Waals surface area (Å²) < 4.78 is 0. The number of pyridine rings is 1. The zero-order valence-electron chi connectivity index (χ0n) is 13.1. The summed E-state index contributed by atoms with van der Waals surface area (Å²) >= 11 is 0. The first-order valence-electron chi connectivity index (χ1n) is 7.92. The molecule has 3 atom stereocenters. The Morgan fingerprint density at radius 2 is 2.04 bits per heavy atom. The van der Waals surface area contributed by atoms with E-state index in [9.17, 15) is 9.90 Å². The van der Waals surface area contributed by atoms with Gasteiger partial charge in [-0.3, -0.25) is 4.98 Å². The van der Waals surface area contributed by atoms with E-state index in [1.807, 2.05) is 43.3 Å². The Labute approximate surface area is 135 Å². The van der Waals surface area contributed by atoms with Crippen molar-refractivity contribution >= 4 is 6.03 Å². The van der Waals surface area contributed by atoms with E-state index in [-0.39, 0.29) is 18.1 Å². The smallest absolute Gasteiger partial charge is 0.315 e. The van der Waals surface area contributed by atoms with Crippen LogP contribution in [-0.4, -0.2) is 22.2 Å². The molecule has 2 amide bonds. The van der Waals surface area contributed by atoms with Crippen LogP contribution in [0.3, 0.4) is 0 Å². The lowest BCUT2D eigenvalue weighted by Crippen LogP contribution is -2.42. The number of fused-ring (bicyclic) bond motifs is 1. The van der Waals surface area contributed by atoms with Crippen molar-refractivity contribution in [2.24, 2.45) is 0 Å². The fourth-order valence-electron chi connectivity index (χ4n) is 3.11. The monoisotopic (exact) mass is 311 g/mol. The van der Waals surface area contributed by atoms with Crippen LogP contribution >= 0.6 is 0 Å². The molecule has 0 radical (unpaired) electrons. The highest BCUT2D eigenvalue weighted by molar-refractivity contribution is 5.75.